The highest BCUT2D eigenvalue weighted by molar-refractivity contribution is 5.31. The highest BCUT2D eigenvalue weighted by Crippen LogP contribution is 2.19. The topological polar surface area (TPSA) is 91.7 Å². The Bertz CT molecular complexity index is 724. The Morgan fingerprint density at radius 2 is 1.95 bits per heavy atom. The third-order valence-electron chi connectivity index (χ3n) is 2.87. The van der Waals surface area contributed by atoms with E-state index in [9.17, 15) is 0 Å². The smallest absolute Gasteiger partial charge is 0.328 e. The lowest BCUT2D eigenvalue weighted by molar-refractivity contribution is 0.438. The van der Waals surface area contributed by atoms with Gasteiger partial charge < -0.3 is 10.5 Å². The average Bonchev–Trinajstić information content (AvgIpc) is 3.02. The summed E-state index contributed by atoms with van der Waals surface area (Å²) in [5.74, 6) is 1.03. The van der Waals surface area contributed by atoms with Gasteiger partial charge in [-0.1, -0.05) is 19.1 Å². The van der Waals surface area contributed by atoms with Gasteiger partial charge in [-0.25, -0.2) is 4.68 Å². The Morgan fingerprint density at radius 1 is 1.14 bits per heavy atom. The molecule has 0 aliphatic carbocycles. The van der Waals surface area contributed by atoms with Crippen LogP contribution >= 0.6 is 0 Å². The molecule has 0 fully saturated rings. The van der Waals surface area contributed by atoms with E-state index < -0.39 is 0 Å². The minimum Gasteiger partial charge on any atom is -0.424 e. The van der Waals surface area contributed by atoms with Crippen molar-refractivity contribution in [3.63, 3.8) is 0 Å². The van der Waals surface area contributed by atoms with Crippen LogP contribution in [0.25, 0.3) is 5.95 Å². The third kappa shape index (κ3) is 2.97. The molecule has 0 saturated carbocycles. The zero-order valence-corrected chi connectivity index (χ0v) is 11.5. The first-order chi connectivity index (χ1) is 10.2. The van der Waals surface area contributed by atoms with E-state index >= 15 is 0 Å². The molecule has 0 saturated heterocycles. The Kier molecular flexibility index (Phi) is 3.46. The van der Waals surface area contributed by atoms with E-state index in [1.165, 1.54) is 10.2 Å². The minimum atomic E-state index is 0.0793. The second-order valence-electron chi connectivity index (χ2n) is 4.33. The van der Waals surface area contributed by atoms with Crippen molar-refractivity contribution in [1.29, 1.82) is 0 Å². The number of hydrogen-bond donors (Lipinski definition) is 1. The number of rotatable bonds is 4. The van der Waals surface area contributed by atoms with Crippen molar-refractivity contribution in [1.82, 2.24) is 24.7 Å². The van der Waals surface area contributed by atoms with Gasteiger partial charge in [0.2, 0.25) is 5.95 Å². The van der Waals surface area contributed by atoms with E-state index in [-0.39, 0.29) is 12.0 Å². The molecule has 3 aromatic rings. The van der Waals surface area contributed by atoms with Crippen molar-refractivity contribution in [2.45, 2.75) is 13.3 Å². The van der Waals surface area contributed by atoms with Crippen LogP contribution in [-0.2, 0) is 6.42 Å². The number of aryl methyl sites for hydroxylation is 1. The van der Waals surface area contributed by atoms with Gasteiger partial charge in [0, 0.05) is 12.4 Å². The molecule has 0 atom stereocenters. The quantitative estimate of drug-likeness (QED) is 0.786. The molecule has 0 spiro atoms. The number of anilines is 1. The molecule has 0 radical (unpaired) electrons. The summed E-state index contributed by atoms with van der Waals surface area (Å²) < 4.78 is 7.11. The van der Waals surface area contributed by atoms with Crippen LogP contribution in [-0.4, -0.2) is 24.7 Å². The van der Waals surface area contributed by atoms with Crippen LogP contribution in [0.1, 0.15) is 12.5 Å². The largest absolute Gasteiger partial charge is 0.424 e. The second kappa shape index (κ2) is 5.58. The van der Waals surface area contributed by atoms with Crippen LogP contribution in [0.4, 0.5) is 5.95 Å². The van der Waals surface area contributed by atoms with Crippen molar-refractivity contribution in [3.05, 3.63) is 48.3 Å². The van der Waals surface area contributed by atoms with Crippen molar-refractivity contribution in [3.8, 4) is 17.7 Å². The Hall–Kier alpha value is -2.96. The number of ether oxygens (including phenoxy) is 1. The van der Waals surface area contributed by atoms with Crippen LogP contribution < -0.4 is 10.5 Å². The molecular formula is C14H14N6O. The number of nitrogens with zero attached hydrogens (tertiary/aromatic N) is 5. The number of benzene rings is 1. The summed E-state index contributed by atoms with van der Waals surface area (Å²) >= 11 is 0. The number of nitrogen functional groups attached to an aromatic ring is 1. The van der Waals surface area contributed by atoms with Gasteiger partial charge in [0.25, 0.3) is 5.95 Å². The zero-order chi connectivity index (χ0) is 14.7. The molecule has 0 aliphatic heterocycles. The predicted molar refractivity (Wildman–Crippen MR) is 77.3 cm³/mol. The fourth-order valence-electron chi connectivity index (χ4n) is 1.79. The van der Waals surface area contributed by atoms with Crippen molar-refractivity contribution in [2.24, 2.45) is 0 Å². The maximum Gasteiger partial charge on any atom is 0.328 e. The highest BCUT2D eigenvalue weighted by atomic mass is 16.5. The van der Waals surface area contributed by atoms with Gasteiger partial charge in [0.05, 0.1) is 0 Å². The molecule has 0 unspecified atom stereocenters. The molecule has 0 bridgehead atoms. The summed E-state index contributed by atoms with van der Waals surface area (Å²) in [5, 5.41) is 4.05. The van der Waals surface area contributed by atoms with Gasteiger partial charge in [-0.3, -0.25) is 0 Å². The average molecular weight is 282 g/mol. The summed E-state index contributed by atoms with van der Waals surface area (Å²) in [7, 11) is 0. The molecule has 7 nitrogen and oxygen atoms in total. The summed E-state index contributed by atoms with van der Waals surface area (Å²) in [4.78, 5) is 12.2. The molecule has 7 heteroatoms. The molecule has 3 rings (SSSR count). The van der Waals surface area contributed by atoms with E-state index in [1.54, 1.807) is 18.5 Å². The monoisotopic (exact) mass is 282 g/mol. The molecular weight excluding hydrogens is 268 g/mol. The Balaban J connectivity index is 1.88. The van der Waals surface area contributed by atoms with Crippen molar-refractivity contribution >= 4 is 5.95 Å². The standard InChI is InChI=1S/C14H14N6O/c1-2-10-4-6-11(7-5-10)21-14-18-12(15)17-13(19-14)20-9-3-8-16-20/h3-9H,2H2,1H3,(H2,15,17,18,19). The maximum absolute atomic E-state index is 5.68. The summed E-state index contributed by atoms with van der Waals surface area (Å²) in [6.45, 7) is 2.10. The minimum absolute atomic E-state index is 0.0793. The van der Waals surface area contributed by atoms with Gasteiger partial charge in [0.1, 0.15) is 5.75 Å². The first-order valence-corrected chi connectivity index (χ1v) is 6.53. The van der Waals surface area contributed by atoms with Gasteiger partial charge >= 0.3 is 6.01 Å². The lowest BCUT2D eigenvalue weighted by Gasteiger charge is -2.06. The number of nitrogens with two attached hydrogens (primary N) is 1. The molecule has 1 aromatic carbocycles. The molecule has 106 valence electrons. The van der Waals surface area contributed by atoms with Gasteiger partial charge in [-0.2, -0.15) is 20.1 Å². The maximum atomic E-state index is 5.68. The molecule has 2 aromatic heterocycles. The fourth-order valence-corrected chi connectivity index (χ4v) is 1.79. The van der Waals surface area contributed by atoms with Gasteiger partial charge in [-0.15, -0.1) is 0 Å². The number of hydrogen-bond acceptors (Lipinski definition) is 6. The van der Waals surface area contributed by atoms with Crippen molar-refractivity contribution < 1.29 is 4.74 Å². The summed E-state index contributed by atoms with van der Waals surface area (Å²) in [6, 6.07) is 9.63. The highest BCUT2D eigenvalue weighted by Gasteiger charge is 2.08. The summed E-state index contributed by atoms with van der Waals surface area (Å²) in [6.07, 6.45) is 4.32. The van der Waals surface area contributed by atoms with Crippen LogP contribution in [0.15, 0.2) is 42.7 Å². The molecule has 2 N–H and O–H groups in total. The molecule has 0 aliphatic rings. The van der Waals surface area contributed by atoms with Gasteiger partial charge in [-0.05, 0) is 30.2 Å². The predicted octanol–water partition coefficient (Wildman–Crippen LogP) is 1.99. The van der Waals surface area contributed by atoms with E-state index in [4.69, 9.17) is 10.5 Å². The van der Waals surface area contributed by atoms with Crippen LogP contribution in [0.2, 0.25) is 0 Å². The van der Waals surface area contributed by atoms with Crippen LogP contribution in [0.5, 0.6) is 11.8 Å². The van der Waals surface area contributed by atoms with Crippen molar-refractivity contribution in [2.75, 3.05) is 5.73 Å². The third-order valence-corrected chi connectivity index (χ3v) is 2.87. The second-order valence-corrected chi connectivity index (χ2v) is 4.33. The SMILES string of the molecule is CCc1ccc(Oc2nc(N)nc(-n3cccn3)n2)cc1. The first-order valence-electron chi connectivity index (χ1n) is 6.53. The first kappa shape index (κ1) is 13.0. The molecule has 21 heavy (non-hydrogen) atoms. The van der Waals surface area contributed by atoms with Gasteiger partial charge in [0.15, 0.2) is 0 Å². The lowest BCUT2D eigenvalue weighted by Crippen LogP contribution is -2.07. The number of aromatic nitrogens is 5. The van der Waals surface area contributed by atoms with E-state index in [2.05, 4.69) is 27.0 Å². The molecule has 0 amide bonds. The fraction of sp³-hybridized carbons (Fsp3) is 0.143. The Morgan fingerprint density at radius 3 is 2.62 bits per heavy atom. The Labute approximate surface area is 121 Å². The molecule has 2 heterocycles. The summed E-state index contributed by atoms with van der Waals surface area (Å²) in [5.41, 5.74) is 6.91. The van der Waals surface area contributed by atoms with E-state index in [0.29, 0.717) is 11.7 Å². The van der Waals surface area contributed by atoms with E-state index in [0.717, 1.165) is 6.42 Å². The zero-order valence-electron chi connectivity index (χ0n) is 11.5. The lowest BCUT2D eigenvalue weighted by atomic mass is 10.2. The van der Waals surface area contributed by atoms with E-state index in [1.807, 2.05) is 24.3 Å². The normalized spacial score (nSPS) is 10.5. The van der Waals surface area contributed by atoms with Crippen LogP contribution in [0, 0.1) is 0 Å². The van der Waals surface area contributed by atoms with Crippen LogP contribution in [0.3, 0.4) is 0 Å².